The minimum absolute atomic E-state index is 0.270. The fourth-order valence-corrected chi connectivity index (χ4v) is 4.07. The maximum absolute atomic E-state index is 6.37. The van der Waals surface area contributed by atoms with Gasteiger partial charge in [0.1, 0.15) is 0 Å². The number of nitrogens with zero attached hydrogens (tertiary/aromatic N) is 1. The number of aryl methyl sites for hydroxylation is 1. The van der Waals surface area contributed by atoms with Crippen molar-refractivity contribution in [3.8, 4) is 22.8 Å². The van der Waals surface area contributed by atoms with Crippen LogP contribution in [-0.4, -0.2) is 18.2 Å². The number of benzene rings is 2. The summed E-state index contributed by atoms with van der Waals surface area (Å²) in [5.41, 5.74) is 5.54. The SMILES string of the molecule is CCc1cccnc1-c1cc(OC2CCCC2)c(OC)cc1/C=C/c1ccccc1. The van der Waals surface area contributed by atoms with Gasteiger partial charge in [0.25, 0.3) is 0 Å². The fourth-order valence-electron chi connectivity index (χ4n) is 4.07. The second-order valence-corrected chi connectivity index (χ2v) is 7.72. The highest BCUT2D eigenvalue weighted by Crippen LogP contribution is 2.39. The van der Waals surface area contributed by atoms with Crippen molar-refractivity contribution in [1.82, 2.24) is 4.98 Å². The average Bonchev–Trinajstić information content (AvgIpc) is 3.31. The molecule has 1 aliphatic rings. The third-order valence-corrected chi connectivity index (χ3v) is 5.71. The Balaban J connectivity index is 1.81. The minimum atomic E-state index is 0.270. The molecule has 0 saturated heterocycles. The predicted molar refractivity (Wildman–Crippen MR) is 124 cm³/mol. The van der Waals surface area contributed by atoms with Crippen LogP contribution in [0.1, 0.15) is 49.3 Å². The van der Waals surface area contributed by atoms with Crippen molar-refractivity contribution in [1.29, 1.82) is 0 Å². The first-order chi connectivity index (χ1) is 14.8. The van der Waals surface area contributed by atoms with Crippen molar-refractivity contribution < 1.29 is 9.47 Å². The van der Waals surface area contributed by atoms with E-state index in [1.54, 1.807) is 7.11 Å². The molecule has 30 heavy (non-hydrogen) atoms. The maximum atomic E-state index is 6.37. The third-order valence-electron chi connectivity index (χ3n) is 5.71. The van der Waals surface area contributed by atoms with Gasteiger partial charge in [0, 0.05) is 11.8 Å². The zero-order valence-corrected chi connectivity index (χ0v) is 17.8. The van der Waals surface area contributed by atoms with E-state index in [9.17, 15) is 0 Å². The van der Waals surface area contributed by atoms with Crippen LogP contribution in [0.3, 0.4) is 0 Å². The second kappa shape index (κ2) is 9.62. The van der Waals surface area contributed by atoms with Crippen molar-refractivity contribution in [3.05, 3.63) is 77.5 Å². The van der Waals surface area contributed by atoms with E-state index in [0.29, 0.717) is 0 Å². The van der Waals surface area contributed by atoms with Gasteiger partial charge >= 0.3 is 0 Å². The summed E-state index contributed by atoms with van der Waals surface area (Å²) in [7, 11) is 1.71. The van der Waals surface area contributed by atoms with Crippen molar-refractivity contribution in [2.24, 2.45) is 0 Å². The Hall–Kier alpha value is -3.07. The molecule has 1 aromatic heterocycles. The van der Waals surface area contributed by atoms with Gasteiger partial charge in [-0.3, -0.25) is 4.98 Å². The van der Waals surface area contributed by atoms with Crippen molar-refractivity contribution in [2.75, 3.05) is 7.11 Å². The lowest BCUT2D eigenvalue weighted by atomic mass is 9.97. The Kier molecular flexibility index (Phi) is 6.48. The third kappa shape index (κ3) is 4.56. The van der Waals surface area contributed by atoms with Gasteiger partial charge in [0.05, 0.1) is 18.9 Å². The molecule has 0 radical (unpaired) electrons. The first-order valence-electron chi connectivity index (χ1n) is 10.8. The number of ether oxygens (including phenoxy) is 2. The van der Waals surface area contributed by atoms with E-state index < -0.39 is 0 Å². The van der Waals surface area contributed by atoms with Crippen molar-refractivity contribution in [3.63, 3.8) is 0 Å². The van der Waals surface area contributed by atoms with Gasteiger partial charge in [0.2, 0.25) is 0 Å². The van der Waals surface area contributed by atoms with Crippen LogP contribution in [0.2, 0.25) is 0 Å². The monoisotopic (exact) mass is 399 g/mol. The molecule has 154 valence electrons. The molecule has 1 fully saturated rings. The van der Waals surface area contributed by atoms with Gasteiger partial charge in [-0.25, -0.2) is 0 Å². The molecule has 0 unspecified atom stereocenters. The van der Waals surface area contributed by atoms with Gasteiger partial charge in [-0.1, -0.05) is 55.5 Å². The molecule has 0 N–H and O–H groups in total. The lowest BCUT2D eigenvalue weighted by molar-refractivity contribution is 0.201. The van der Waals surface area contributed by atoms with E-state index in [4.69, 9.17) is 14.5 Å². The predicted octanol–water partition coefficient (Wildman–Crippen LogP) is 6.81. The number of rotatable bonds is 7. The van der Waals surface area contributed by atoms with Gasteiger partial charge < -0.3 is 9.47 Å². The molecule has 3 heteroatoms. The molecule has 1 saturated carbocycles. The Morgan fingerprint density at radius 1 is 0.967 bits per heavy atom. The van der Waals surface area contributed by atoms with Gasteiger partial charge in [-0.2, -0.15) is 0 Å². The van der Waals surface area contributed by atoms with E-state index in [1.165, 1.54) is 18.4 Å². The highest BCUT2D eigenvalue weighted by molar-refractivity contribution is 5.83. The van der Waals surface area contributed by atoms with Crippen molar-refractivity contribution >= 4 is 12.2 Å². The van der Waals surface area contributed by atoms with E-state index >= 15 is 0 Å². The van der Waals surface area contributed by atoms with Crippen LogP contribution >= 0.6 is 0 Å². The summed E-state index contributed by atoms with van der Waals surface area (Å²) >= 11 is 0. The number of pyridine rings is 1. The topological polar surface area (TPSA) is 31.4 Å². The van der Waals surface area contributed by atoms with E-state index in [1.807, 2.05) is 30.5 Å². The summed E-state index contributed by atoms with van der Waals surface area (Å²) in [6, 6.07) is 18.7. The molecule has 0 aliphatic heterocycles. The Bertz CT molecular complexity index is 1000. The molecule has 1 aliphatic carbocycles. The lowest BCUT2D eigenvalue weighted by Gasteiger charge is -2.19. The van der Waals surface area contributed by atoms with Gasteiger partial charge in [0.15, 0.2) is 11.5 Å². The van der Waals surface area contributed by atoms with E-state index in [-0.39, 0.29) is 6.10 Å². The Morgan fingerprint density at radius 3 is 2.50 bits per heavy atom. The molecule has 0 atom stereocenters. The highest BCUT2D eigenvalue weighted by atomic mass is 16.5. The number of methoxy groups -OCH3 is 1. The number of aromatic nitrogens is 1. The summed E-state index contributed by atoms with van der Waals surface area (Å²) in [6.07, 6.45) is 12.0. The number of hydrogen-bond acceptors (Lipinski definition) is 3. The Morgan fingerprint density at radius 2 is 1.77 bits per heavy atom. The minimum Gasteiger partial charge on any atom is -0.493 e. The highest BCUT2D eigenvalue weighted by Gasteiger charge is 2.21. The molecule has 0 bridgehead atoms. The second-order valence-electron chi connectivity index (χ2n) is 7.72. The van der Waals surface area contributed by atoms with Crippen LogP contribution in [0.15, 0.2) is 60.8 Å². The zero-order chi connectivity index (χ0) is 20.8. The Labute approximate surface area is 179 Å². The standard InChI is InChI=1S/C27H29NO2/c1-3-21-12-9-17-28-27(21)24-19-26(30-23-13-7-8-14-23)25(29-2)18-22(24)16-15-20-10-5-4-6-11-20/h4-6,9-12,15-19,23H,3,7-8,13-14H2,1-2H3/b16-15+. The van der Waals surface area contributed by atoms with E-state index in [0.717, 1.165) is 53.1 Å². The molecular weight excluding hydrogens is 370 g/mol. The van der Waals surface area contributed by atoms with Crippen LogP contribution in [0.5, 0.6) is 11.5 Å². The molecular formula is C27H29NO2. The zero-order valence-electron chi connectivity index (χ0n) is 17.8. The molecule has 4 rings (SSSR count). The maximum Gasteiger partial charge on any atom is 0.162 e. The fraction of sp³-hybridized carbons (Fsp3) is 0.296. The molecule has 0 amide bonds. The molecule has 1 heterocycles. The average molecular weight is 400 g/mol. The van der Waals surface area contributed by atoms with Crippen LogP contribution in [-0.2, 0) is 6.42 Å². The summed E-state index contributed by atoms with van der Waals surface area (Å²) < 4.78 is 12.1. The summed E-state index contributed by atoms with van der Waals surface area (Å²) in [6.45, 7) is 2.17. The van der Waals surface area contributed by atoms with Gasteiger partial charge in [-0.15, -0.1) is 0 Å². The first kappa shape index (κ1) is 20.2. The molecule has 3 nitrogen and oxygen atoms in total. The summed E-state index contributed by atoms with van der Waals surface area (Å²) in [5.74, 6) is 1.58. The van der Waals surface area contributed by atoms with Crippen LogP contribution in [0.25, 0.3) is 23.4 Å². The van der Waals surface area contributed by atoms with Crippen LogP contribution in [0, 0.1) is 0 Å². The van der Waals surface area contributed by atoms with Gasteiger partial charge in [-0.05, 0) is 67.0 Å². The largest absolute Gasteiger partial charge is 0.493 e. The molecule has 0 spiro atoms. The quantitative estimate of drug-likeness (QED) is 0.409. The van der Waals surface area contributed by atoms with Crippen LogP contribution in [0.4, 0.5) is 0 Å². The van der Waals surface area contributed by atoms with Crippen LogP contribution < -0.4 is 9.47 Å². The normalized spacial score (nSPS) is 14.3. The lowest BCUT2D eigenvalue weighted by Crippen LogP contribution is -2.12. The number of hydrogen-bond donors (Lipinski definition) is 0. The van der Waals surface area contributed by atoms with Crippen molar-refractivity contribution in [2.45, 2.75) is 45.1 Å². The van der Waals surface area contributed by atoms with E-state index in [2.05, 4.69) is 49.4 Å². The summed E-state index contributed by atoms with van der Waals surface area (Å²) in [4.78, 5) is 4.73. The molecule has 2 aromatic carbocycles. The first-order valence-corrected chi connectivity index (χ1v) is 10.8. The smallest absolute Gasteiger partial charge is 0.162 e. The summed E-state index contributed by atoms with van der Waals surface area (Å²) in [5, 5.41) is 0. The molecule has 3 aromatic rings.